The third-order valence-electron chi connectivity index (χ3n) is 3.84. The number of aryl methyl sites for hydroxylation is 1. The van der Waals surface area contributed by atoms with E-state index in [1.54, 1.807) is 6.07 Å². The molecule has 0 aliphatic rings. The van der Waals surface area contributed by atoms with Gasteiger partial charge in [-0.1, -0.05) is 57.2 Å². The Labute approximate surface area is 145 Å². The predicted octanol–water partition coefficient (Wildman–Crippen LogP) is 4.97. The molecule has 0 aliphatic heterocycles. The van der Waals surface area contributed by atoms with Crippen LogP contribution in [-0.2, 0) is 14.3 Å². The fourth-order valence-corrected chi connectivity index (χ4v) is 2.36. The molecule has 0 heterocycles. The Morgan fingerprint density at radius 3 is 2.29 bits per heavy atom. The van der Waals surface area contributed by atoms with E-state index in [9.17, 15) is 9.59 Å². The van der Waals surface area contributed by atoms with Gasteiger partial charge in [0, 0.05) is 12.8 Å². The van der Waals surface area contributed by atoms with Crippen LogP contribution in [0.15, 0.2) is 24.3 Å². The number of carbonyl (C=O) groups is 2. The molecular formula is C20H30O4. The molecule has 0 bridgehead atoms. The van der Waals surface area contributed by atoms with E-state index in [0.29, 0.717) is 18.8 Å². The number of esters is 2. The quantitative estimate of drug-likeness (QED) is 0.307. The lowest BCUT2D eigenvalue weighted by molar-refractivity contribution is -0.144. The standard InChI is InChI=1S/C20H30O4/c1-3-4-5-6-7-10-16-23-19(21)14-11-15-20(22)24-18-13-9-8-12-17(18)2/h8-9,12-13H,3-7,10-11,14-16H2,1-2H3. The van der Waals surface area contributed by atoms with Crippen LogP contribution in [-0.4, -0.2) is 18.5 Å². The highest BCUT2D eigenvalue weighted by molar-refractivity contribution is 5.74. The number of rotatable bonds is 12. The normalized spacial score (nSPS) is 10.4. The summed E-state index contributed by atoms with van der Waals surface area (Å²) >= 11 is 0. The molecule has 0 saturated heterocycles. The van der Waals surface area contributed by atoms with E-state index < -0.39 is 0 Å². The first-order valence-electron chi connectivity index (χ1n) is 9.05. The van der Waals surface area contributed by atoms with Gasteiger partial charge in [-0.05, 0) is 31.4 Å². The fourth-order valence-electron chi connectivity index (χ4n) is 2.36. The summed E-state index contributed by atoms with van der Waals surface area (Å²) in [5, 5.41) is 0. The van der Waals surface area contributed by atoms with E-state index in [2.05, 4.69) is 6.92 Å². The van der Waals surface area contributed by atoms with Crippen molar-refractivity contribution in [1.82, 2.24) is 0 Å². The van der Waals surface area contributed by atoms with Crippen LogP contribution in [0.1, 0.15) is 70.3 Å². The van der Waals surface area contributed by atoms with Crippen molar-refractivity contribution in [2.75, 3.05) is 6.61 Å². The minimum Gasteiger partial charge on any atom is -0.466 e. The zero-order chi connectivity index (χ0) is 17.6. The van der Waals surface area contributed by atoms with Gasteiger partial charge in [0.1, 0.15) is 5.75 Å². The van der Waals surface area contributed by atoms with Crippen LogP contribution in [0.25, 0.3) is 0 Å². The fraction of sp³-hybridized carbons (Fsp3) is 0.600. The van der Waals surface area contributed by atoms with Crippen LogP contribution in [0.3, 0.4) is 0 Å². The Bertz CT molecular complexity index is 496. The van der Waals surface area contributed by atoms with Crippen molar-refractivity contribution in [3.63, 3.8) is 0 Å². The van der Waals surface area contributed by atoms with Crippen molar-refractivity contribution < 1.29 is 19.1 Å². The molecule has 4 nitrogen and oxygen atoms in total. The SMILES string of the molecule is CCCCCCCCOC(=O)CCCC(=O)Oc1ccccc1C. The highest BCUT2D eigenvalue weighted by atomic mass is 16.5. The van der Waals surface area contributed by atoms with Gasteiger partial charge in [-0.3, -0.25) is 9.59 Å². The van der Waals surface area contributed by atoms with Gasteiger partial charge in [-0.2, -0.15) is 0 Å². The molecule has 1 aromatic rings. The summed E-state index contributed by atoms with van der Waals surface area (Å²) in [6, 6.07) is 7.38. The second kappa shape index (κ2) is 12.6. The Kier molecular flexibility index (Phi) is 10.6. The van der Waals surface area contributed by atoms with E-state index in [1.807, 2.05) is 25.1 Å². The molecule has 134 valence electrons. The number of ether oxygens (including phenoxy) is 2. The highest BCUT2D eigenvalue weighted by Crippen LogP contribution is 2.17. The maximum atomic E-state index is 11.8. The molecule has 0 aliphatic carbocycles. The van der Waals surface area contributed by atoms with Crippen molar-refractivity contribution in [2.45, 2.75) is 71.6 Å². The van der Waals surface area contributed by atoms with Crippen LogP contribution >= 0.6 is 0 Å². The summed E-state index contributed by atoms with van der Waals surface area (Å²) in [6.07, 6.45) is 7.95. The molecule has 0 aromatic heterocycles. The number of hydrogen-bond acceptors (Lipinski definition) is 4. The average molecular weight is 334 g/mol. The minimum absolute atomic E-state index is 0.223. The first-order valence-corrected chi connectivity index (χ1v) is 9.05. The Morgan fingerprint density at radius 1 is 0.875 bits per heavy atom. The molecule has 1 rings (SSSR count). The smallest absolute Gasteiger partial charge is 0.311 e. The highest BCUT2D eigenvalue weighted by Gasteiger charge is 2.09. The first-order chi connectivity index (χ1) is 11.6. The van der Waals surface area contributed by atoms with E-state index in [1.165, 1.54) is 25.7 Å². The van der Waals surface area contributed by atoms with Crippen LogP contribution in [0.2, 0.25) is 0 Å². The van der Waals surface area contributed by atoms with E-state index >= 15 is 0 Å². The second-order valence-corrected chi connectivity index (χ2v) is 6.08. The van der Waals surface area contributed by atoms with Crippen molar-refractivity contribution >= 4 is 11.9 Å². The molecule has 0 spiro atoms. The Hall–Kier alpha value is -1.84. The molecule has 24 heavy (non-hydrogen) atoms. The number of benzene rings is 1. The molecule has 4 heteroatoms. The van der Waals surface area contributed by atoms with Gasteiger partial charge in [-0.15, -0.1) is 0 Å². The molecule has 0 N–H and O–H groups in total. The molecule has 0 radical (unpaired) electrons. The zero-order valence-corrected chi connectivity index (χ0v) is 15.0. The number of hydrogen-bond donors (Lipinski definition) is 0. The molecule has 0 saturated carbocycles. The van der Waals surface area contributed by atoms with E-state index in [-0.39, 0.29) is 24.8 Å². The summed E-state index contributed by atoms with van der Waals surface area (Å²) < 4.78 is 10.5. The summed E-state index contributed by atoms with van der Waals surface area (Å²) in [6.45, 7) is 4.57. The van der Waals surface area contributed by atoms with Crippen molar-refractivity contribution in [1.29, 1.82) is 0 Å². The summed E-state index contributed by atoms with van der Waals surface area (Å²) in [5.41, 5.74) is 0.921. The van der Waals surface area contributed by atoms with Gasteiger partial charge < -0.3 is 9.47 Å². The predicted molar refractivity (Wildman–Crippen MR) is 95.0 cm³/mol. The summed E-state index contributed by atoms with van der Waals surface area (Å²) in [5.74, 6) is 0.0356. The van der Waals surface area contributed by atoms with Crippen LogP contribution < -0.4 is 4.74 Å². The summed E-state index contributed by atoms with van der Waals surface area (Å²) in [7, 11) is 0. The molecule has 0 fully saturated rings. The number of para-hydroxylation sites is 1. The lowest BCUT2D eigenvalue weighted by atomic mass is 10.1. The first kappa shape index (κ1) is 20.2. The topological polar surface area (TPSA) is 52.6 Å². The van der Waals surface area contributed by atoms with Crippen LogP contribution in [0, 0.1) is 6.92 Å². The van der Waals surface area contributed by atoms with E-state index in [4.69, 9.17) is 9.47 Å². The van der Waals surface area contributed by atoms with Crippen LogP contribution in [0.5, 0.6) is 5.75 Å². The molecular weight excluding hydrogens is 304 g/mol. The lowest BCUT2D eigenvalue weighted by Crippen LogP contribution is -2.11. The Balaban J connectivity index is 2.04. The average Bonchev–Trinajstić information content (AvgIpc) is 2.56. The van der Waals surface area contributed by atoms with Crippen LogP contribution in [0.4, 0.5) is 0 Å². The van der Waals surface area contributed by atoms with Gasteiger partial charge >= 0.3 is 11.9 Å². The van der Waals surface area contributed by atoms with Gasteiger partial charge in [0.05, 0.1) is 6.61 Å². The zero-order valence-electron chi connectivity index (χ0n) is 15.0. The van der Waals surface area contributed by atoms with Crippen molar-refractivity contribution in [3.8, 4) is 5.75 Å². The second-order valence-electron chi connectivity index (χ2n) is 6.08. The van der Waals surface area contributed by atoms with Crippen molar-refractivity contribution in [3.05, 3.63) is 29.8 Å². The maximum absolute atomic E-state index is 11.8. The van der Waals surface area contributed by atoms with Crippen molar-refractivity contribution in [2.24, 2.45) is 0 Å². The number of unbranched alkanes of at least 4 members (excludes halogenated alkanes) is 5. The largest absolute Gasteiger partial charge is 0.466 e. The molecule has 0 amide bonds. The van der Waals surface area contributed by atoms with Gasteiger partial charge in [0.2, 0.25) is 0 Å². The van der Waals surface area contributed by atoms with Gasteiger partial charge in [0.25, 0.3) is 0 Å². The lowest BCUT2D eigenvalue weighted by Gasteiger charge is -2.07. The monoisotopic (exact) mass is 334 g/mol. The third kappa shape index (κ3) is 9.33. The molecule has 1 aromatic carbocycles. The molecule has 0 atom stereocenters. The maximum Gasteiger partial charge on any atom is 0.311 e. The third-order valence-corrected chi connectivity index (χ3v) is 3.84. The minimum atomic E-state index is -0.312. The van der Waals surface area contributed by atoms with E-state index in [0.717, 1.165) is 18.4 Å². The summed E-state index contributed by atoms with van der Waals surface area (Å²) in [4.78, 5) is 23.4. The van der Waals surface area contributed by atoms with Gasteiger partial charge in [-0.25, -0.2) is 0 Å². The number of carbonyl (C=O) groups excluding carboxylic acids is 2. The Morgan fingerprint density at radius 2 is 1.54 bits per heavy atom. The van der Waals surface area contributed by atoms with Gasteiger partial charge in [0.15, 0.2) is 0 Å². The molecule has 0 unspecified atom stereocenters.